The quantitative estimate of drug-likeness (QED) is 0.553. The molecule has 0 unspecified atom stereocenters. The molecule has 172 valence electrons. The van der Waals surface area contributed by atoms with Crippen molar-refractivity contribution in [3.63, 3.8) is 0 Å². The fourth-order valence-electron chi connectivity index (χ4n) is 4.38. The first-order chi connectivity index (χ1) is 14.9. The lowest BCUT2D eigenvalue weighted by atomic mass is 9.96. The summed E-state index contributed by atoms with van der Waals surface area (Å²) in [6.07, 6.45) is 5.26. The summed E-state index contributed by atoms with van der Waals surface area (Å²) in [5.74, 6) is 0.207. The number of anilines is 1. The van der Waals surface area contributed by atoms with E-state index in [-0.39, 0.29) is 42.7 Å². The average Bonchev–Trinajstić information content (AvgIpc) is 2.76. The maximum absolute atomic E-state index is 13.3. The number of nitrogens with one attached hydrogen (secondary N) is 3. The van der Waals surface area contributed by atoms with E-state index in [0.717, 1.165) is 25.7 Å². The summed E-state index contributed by atoms with van der Waals surface area (Å²) in [5, 5.41) is 18.8. The van der Waals surface area contributed by atoms with Crippen LogP contribution in [0.4, 0.5) is 10.5 Å². The lowest BCUT2D eigenvalue weighted by Crippen LogP contribution is -2.49. The van der Waals surface area contributed by atoms with E-state index in [2.05, 4.69) is 16.0 Å². The number of rotatable bonds is 6. The van der Waals surface area contributed by atoms with E-state index in [1.807, 2.05) is 20.9 Å². The van der Waals surface area contributed by atoms with Crippen LogP contribution in [-0.4, -0.2) is 66.9 Å². The Morgan fingerprint density at radius 1 is 1.29 bits per heavy atom. The lowest BCUT2D eigenvalue weighted by Gasteiger charge is -2.37. The molecular formula is C23H36N4O4. The minimum atomic E-state index is -0.317. The summed E-state index contributed by atoms with van der Waals surface area (Å²) < 4.78 is 6.33. The molecule has 1 fully saturated rings. The number of ether oxygens (including phenoxy) is 1. The first-order valence-corrected chi connectivity index (χ1v) is 11.4. The number of benzene rings is 1. The van der Waals surface area contributed by atoms with Gasteiger partial charge in [-0.2, -0.15) is 0 Å². The summed E-state index contributed by atoms with van der Waals surface area (Å²) in [4.78, 5) is 27.7. The fraction of sp³-hybridized carbons (Fsp3) is 0.652. The maximum Gasteiger partial charge on any atom is 0.319 e. The predicted molar refractivity (Wildman–Crippen MR) is 121 cm³/mol. The summed E-state index contributed by atoms with van der Waals surface area (Å²) in [5.41, 5.74) is 0.870. The number of hydrogen-bond donors (Lipinski definition) is 4. The molecule has 2 aliphatic rings. The van der Waals surface area contributed by atoms with Crippen LogP contribution >= 0.6 is 0 Å². The predicted octanol–water partition coefficient (Wildman–Crippen LogP) is 2.58. The van der Waals surface area contributed by atoms with Gasteiger partial charge in [-0.3, -0.25) is 4.79 Å². The third-order valence-electron chi connectivity index (χ3n) is 6.29. The minimum absolute atomic E-state index is 0.0303. The highest BCUT2D eigenvalue weighted by Crippen LogP contribution is 2.34. The molecule has 0 radical (unpaired) electrons. The van der Waals surface area contributed by atoms with Gasteiger partial charge in [-0.1, -0.05) is 32.3 Å². The summed E-state index contributed by atoms with van der Waals surface area (Å²) >= 11 is 0. The van der Waals surface area contributed by atoms with Crippen LogP contribution in [0.5, 0.6) is 5.75 Å². The minimum Gasteiger partial charge on any atom is -0.486 e. The molecular weight excluding hydrogens is 396 g/mol. The molecule has 1 saturated carbocycles. The van der Waals surface area contributed by atoms with E-state index in [1.165, 1.54) is 6.42 Å². The summed E-state index contributed by atoms with van der Waals surface area (Å²) in [7, 11) is 1.86. The van der Waals surface area contributed by atoms with Gasteiger partial charge in [-0.15, -0.1) is 0 Å². The fourth-order valence-corrected chi connectivity index (χ4v) is 4.38. The van der Waals surface area contributed by atoms with Crippen molar-refractivity contribution in [2.45, 2.75) is 64.1 Å². The van der Waals surface area contributed by atoms with Gasteiger partial charge in [0.05, 0.1) is 23.9 Å². The van der Waals surface area contributed by atoms with E-state index in [0.29, 0.717) is 30.1 Å². The zero-order valence-corrected chi connectivity index (χ0v) is 18.8. The molecule has 0 bridgehead atoms. The number of likely N-dealkylation sites (N-methyl/N-ethyl adjacent to an activating group) is 1. The topological polar surface area (TPSA) is 103 Å². The van der Waals surface area contributed by atoms with Crippen LogP contribution in [0.1, 0.15) is 56.3 Å². The van der Waals surface area contributed by atoms with Crippen molar-refractivity contribution in [3.8, 4) is 5.75 Å². The molecule has 1 aromatic rings. The molecule has 0 saturated heterocycles. The van der Waals surface area contributed by atoms with Crippen LogP contribution in [0.2, 0.25) is 0 Å². The molecule has 1 aliphatic carbocycles. The second-order valence-electron chi connectivity index (χ2n) is 8.80. The standard InChI is InChI=1S/C23H36N4O4/c1-15-13-27(16(2)14-28)22(29)18-10-7-11-19(21(18)31-20(15)12-24-3)26-23(30)25-17-8-5-4-6-9-17/h7,10-11,15-17,20,24,28H,4-6,8-9,12-14H2,1-3H3,(H2,25,26,30)/t15-,16-,20-/m0/s1. The second kappa shape index (κ2) is 10.8. The molecule has 1 aromatic carbocycles. The number of para-hydroxylation sites is 1. The zero-order valence-electron chi connectivity index (χ0n) is 18.8. The van der Waals surface area contributed by atoms with Crippen LogP contribution < -0.4 is 20.7 Å². The molecule has 3 atom stereocenters. The van der Waals surface area contributed by atoms with Crippen molar-refractivity contribution < 1.29 is 19.4 Å². The molecule has 1 heterocycles. The van der Waals surface area contributed by atoms with Gasteiger partial charge in [0, 0.05) is 25.0 Å². The Bertz CT molecular complexity index is 766. The molecule has 3 amide bonds. The number of hydrogen-bond acceptors (Lipinski definition) is 5. The molecule has 0 aromatic heterocycles. The third kappa shape index (κ3) is 5.68. The van der Waals surface area contributed by atoms with Crippen LogP contribution in [0.3, 0.4) is 0 Å². The number of urea groups is 1. The van der Waals surface area contributed by atoms with E-state index in [4.69, 9.17) is 4.74 Å². The Morgan fingerprint density at radius 2 is 2.03 bits per heavy atom. The largest absolute Gasteiger partial charge is 0.486 e. The first-order valence-electron chi connectivity index (χ1n) is 11.4. The number of fused-ring (bicyclic) bond motifs is 1. The lowest BCUT2D eigenvalue weighted by molar-refractivity contribution is 0.0417. The van der Waals surface area contributed by atoms with Crippen LogP contribution in [-0.2, 0) is 0 Å². The zero-order chi connectivity index (χ0) is 22.4. The van der Waals surface area contributed by atoms with Gasteiger partial charge in [0.15, 0.2) is 5.75 Å². The normalized spacial score (nSPS) is 23.2. The van der Waals surface area contributed by atoms with Crippen LogP contribution in [0.15, 0.2) is 18.2 Å². The van der Waals surface area contributed by atoms with E-state index in [9.17, 15) is 14.7 Å². The van der Waals surface area contributed by atoms with E-state index >= 15 is 0 Å². The number of nitrogens with zero attached hydrogens (tertiary/aromatic N) is 1. The van der Waals surface area contributed by atoms with Crippen LogP contribution in [0.25, 0.3) is 0 Å². The van der Waals surface area contributed by atoms with E-state index < -0.39 is 0 Å². The molecule has 8 nitrogen and oxygen atoms in total. The number of aliphatic hydroxyl groups excluding tert-OH is 1. The van der Waals surface area contributed by atoms with Gasteiger partial charge < -0.3 is 30.7 Å². The van der Waals surface area contributed by atoms with Gasteiger partial charge in [0.2, 0.25) is 0 Å². The SMILES string of the molecule is CNC[C@@H]1Oc2c(NC(=O)NC3CCCCC3)cccc2C(=O)N([C@@H](C)CO)C[C@@H]1C. The number of carbonyl (C=O) groups excluding carboxylic acids is 2. The Hall–Kier alpha value is -2.32. The summed E-state index contributed by atoms with van der Waals surface area (Å²) in [6.45, 7) is 4.82. The van der Waals surface area contributed by atoms with Gasteiger partial charge in [-0.25, -0.2) is 4.79 Å². The van der Waals surface area contributed by atoms with Crippen molar-refractivity contribution in [2.24, 2.45) is 5.92 Å². The van der Waals surface area contributed by atoms with Crippen molar-refractivity contribution in [3.05, 3.63) is 23.8 Å². The number of amides is 3. The highest BCUT2D eigenvalue weighted by molar-refractivity contribution is 6.01. The maximum atomic E-state index is 13.3. The second-order valence-corrected chi connectivity index (χ2v) is 8.80. The third-order valence-corrected chi connectivity index (χ3v) is 6.29. The summed E-state index contributed by atoms with van der Waals surface area (Å²) in [6, 6.07) is 4.80. The molecule has 4 N–H and O–H groups in total. The molecule has 31 heavy (non-hydrogen) atoms. The van der Waals surface area contributed by atoms with Crippen molar-refractivity contribution in [1.29, 1.82) is 0 Å². The molecule has 0 spiro atoms. The Morgan fingerprint density at radius 3 is 2.71 bits per heavy atom. The number of aliphatic hydroxyl groups is 1. The van der Waals surface area contributed by atoms with Gasteiger partial charge >= 0.3 is 6.03 Å². The molecule has 3 rings (SSSR count). The molecule has 8 heteroatoms. The Labute approximate surface area is 184 Å². The van der Waals surface area contributed by atoms with Crippen molar-refractivity contribution >= 4 is 17.6 Å². The number of carbonyl (C=O) groups is 2. The monoisotopic (exact) mass is 432 g/mol. The van der Waals surface area contributed by atoms with Gasteiger partial charge in [0.25, 0.3) is 5.91 Å². The Kier molecular flexibility index (Phi) is 8.15. The van der Waals surface area contributed by atoms with Crippen LogP contribution in [0, 0.1) is 5.92 Å². The van der Waals surface area contributed by atoms with Gasteiger partial charge in [0.1, 0.15) is 6.10 Å². The van der Waals surface area contributed by atoms with Crippen molar-refractivity contribution in [1.82, 2.24) is 15.5 Å². The van der Waals surface area contributed by atoms with Gasteiger partial charge in [-0.05, 0) is 38.9 Å². The highest BCUT2D eigenvalue weighted by atomic mass is 16.5. The first kappa shape index (κ1) is 23.3. The van der Waals surface area contributed by atoms with Crippen molar-refractivity contribution in [2.75, 3.05) is 32.1 Å². The molecule has 1 aliphatic heterocycles. The smallest absolute Gasteiger partial charge is 0.319 e. The highest BCUT2D eigenvalue weighted by Gasteiger charge is 2.34. The average molecular weight is 433 g/mol. The van der Waals surface area contributed by atoms with E-state index in [1.54, 1.807) is 23.1 Å². The Balaban J connectivity index is 1.89.